The van der Waals surface area contributed by atoms with Crippen LogP contribution in [0.3, 0.4) is 0 Å². The third-order valence-corrected chi connectivity index (χ3v) is 2.09. The SMILES string of the molecule is CC(C)c1nn(CCF)nc1C(C)C. The minimum absolute atomic E-state index is 0.256. The molecule has 0 unspecified atom stereocenters. The molecule has 0 radical (unpaired) electrons. The Morgan fingerprint density at radius 3 is 1.79 bits per heavy atom. The molecule has 1 rings (SSSR count). The maximum absolute atomic E-state index is 12.1. The molecular weight excluding hydrogens is 181 g/mol. The van der Waals surface area contributed by atoms with Crippen LogP contribution in [0.2, 0.25) is 0 Å². The van der Waals surface area contributed by atoms with Gasteiger partial charge in [0, 0.05) is 0 Å². The van der Waals surface area contributed by atoms with Gasteiger partial charge < -0.3 is 0 Å². The van der Waals surface area contributed by atoms with E-state index >= 15 is 0 Å². The minimum Gasteiger partial charge on any atom is -0.249 e. The summed E-state index contributed by atoms with van der Waals surface area (Å²) in [7, 11) is 0. The Labute approximate surface area is 84.3 Å². The second-order valence-corrected chi connectivity index (χ2v) is 4.06. The summed E-state index contributed by atoms with van der Waals surface area (Å²) < 4.78 is 12.1. The number of rotatable bonds is 4. The highest BCUT2D eigenvalue weighted by Crippen LogP contribution is 2.21. The largest absolute Gasteiger partial charge is 0.249 e. The van der Waals surface area contributed by atoms with E-state index in [9.17, 15) is 4.39 Å². The Morgan fingerprint density at radius 1 is 1.07 bits per heavy atom. The molecule has 1 aromatic heterocycles. The highest BCUT2D eigenvalue weighted by molar-refractivity contribution is 5.16. The summed E-state index contributed by atoms with van der Waals surface area (Å²) in [5.74, 6) is 0.696. The molecule has 1 heterocycles. The normalized spacial score (nSPS) is 11.6. The summed E-state index contributed by atoms with van der Waals surface area (Å²) in [6.07, 6.45) is 0. The molecule has 0 aromatic carbocycles. The van der Waals surface area contributed by atoms with E-state index in [0.29, 0.717) is 11.8 Å². The van der Waals surface area contributed by atoms with E-state index in [-0.39, 0.29) is 6.54 Å². The average molecular weight is 199 g/mol. The number of nitrogens with zero attached hydrogens (tertiary/aromatic N) is 3. The standard InChI is InChI=1S/C10H18FN3/c1-7(2)9-10(8(3)4)13-14(12-9)6-5-11/h7-8H,5-6H2,1-4H3. The molecule has 80 valence electrons. The predicted molar refractivity (Wildman–Crippen MR) is 54.2 cm³/mol. The molecular formula is C10H18FN3. The van der Waals surface area contributed by atoms with Crippen LogP contribution in [0.4, 0.5) is 4.39 Å². The molecule has 0 spiro atoms. The number of halogens is 1. The number of aryl methyl sites for hydroxylation is 1. The lowest BCUT2D eigenvalue weighted by molar-refractivity contribution is 0.399. The average Bonchev–Trinajstić information content (AvgIpc) is 2.49. The maximum Gasteiger partial charge on any atom is 0.111 e. The number of alkyl halides is 1. The molecule has 0 fully saturated rings. The third kappa shape index (κ3) is 2.30. The summed E-state index contributed by atoms with van der Waals surface area (Å²) in [5, 5.41) is 8.57. The number of hydrogen-bond donors (Lipinski definition) is 0. The molecule has 0 atom stereocenters. The fourth-order valence-electron chi connectivity index (χ4n) is 1.37. The van der Waals surface area contributed by atoms with Crippen LogP contribution < -0.4 is 0 Å². The van der Waals surface area contributed by atoms with Gasteiger partial charge in [-0.05, 0) is 11.8 Å². The van der Waals surface area contributed by atoms with Crippen molar-refractivity contribution < 1.29 is 4.39 Å². The number of hydrogen-bond acceptors (Lipinski definition) is 2. The highest BCUT2D eigenvalue weighted by Gasteiger charge is 2.16. The van der Waals surface area contributed by atoms with Crippen LogP contribution in [0.25, 0.3) is 0 Å². The lowest BCUT2D eigenvalue weighted by atomic mass is 10.0. The first-order valence-electron chi connectivity index (χ1n) is 5.07. The molecule has 0 aliphatic heterocycles. The zero-order valence-corrected chi connectivity index (χ0v) is 9.29. The summed E-state index contributed by atoms with van der Waals surface area (Å²) in [6, 6.07) is 0. The first kappa shape index (κ1) is 11.1. The molecule has 14 heavy (non-hydrogen) atoms. The van der Waals surface area contributed by atoms with Crippen molar-refractivity contribution in [1.29, 1.82) is 0 Å². The molecule has 0 saturated carbocycles. The van der Waals surface area contributed by atoms with E-state index in [1.165, 1.54) is 4.80 Å². The van der Waals surface area contributed by atoms with Gasteiger partial charge in [-0.1, -0.05) is 27.7 Å². The first-order valence-corrected chi connectivity index (χ1v) is 5.07. The Hall–Kier alpha value is -0.930. The van der Waals surface area contributed by atoms with Crippen molar-refractivity contribution in [2.75, 3.05) is 6.67 Å². The quantitative estimate of drug-likeness (QED) is 0.746. The molecule has 1 aromatic rings. The Kier molecular flexibility index (Phi) is 3.61. The van der Waals surface area contributed by atoms with Crippen LogP contribution in [0.15, 0.2) is 0 Å². The summed E-state index contributed by atoms with van der Waals surface area (Å²) in [6.45, 7) is 8.16. The van der Waals surface area contributed by atoms with Crippen molar-refractivity contribution in [1.82, 2.24) is 15.0 Å². The summed E-state index contributed by atoms with van der Waals surface area (Å²) in [5.41, 5.74) is 1.99. The lowest BCUT2D eigenvalue weighted by Crippen LogP contribution is -2.04. The zero-order chi connectivity index (χ0) is 10.7. The van der Waals surface area contributed by atoms with Crippen molar-refractivity contribution in [3.63, 3.8) is 0 Å². The summed E-state index contributed by atoms with van der Waals surface area (Å²) in [4.78, 5) is 1.46. The Balaban J connectivity index is 3.00. The van der Waals surface area contributed by atoms with E-state index in [2.05, 4.69) is 37.9 Å². The number of aromatic nitrogens is 3. The summed E-state index contributed by atoms with van der Waals surface area (Å²) >= 11 is 0. The minimum atomic E-state index is -0.413. The lowest BCUT2D eigenvalue weighted by Gasteiger charge is -2.04. The predicted octanol–water partition coefficient (Wildman–Crippen LogP) is 2.49. The third-order valence-electron chi connectivity index (χ3n) is 2.09. The van der Waals surface area contributed by atoms with E-state index in [1.807, 2.05) is 0 Å². The van der Waals surface area contributed by atoms with Crippen LogP contribution in [0.5, 0.6) is 0 Å². The van der Waals surface area contributed by atoms with Gasteiger partial charge in [0.1, 0.15) is 6.67 Å². The van der Waals surface area contributed by atoms with Crippen molar-refractivity contribution >= 4 is 0 Å². The molecule has 0 aliphatic rings. The fourth-order valence-corrected chi connectivity index (χ4v) is 1.37. The van der Waals surface area contributed by atoms with E-state index in [4.69, 9.17) is 0 Å². The van der Waals surface area contributed by atoms with Gasteiger partial charge in [-0.2, -0.15) is 15.0 Å². The molecule has 4 heteroatoms. The van der Waals surface area contributed by atoms with Crippen LogP contribution in [-0.4, -0.2) is 21.7 Å². The second-order valence-electron chi connectivity index (χ2n) is 4.06. The molecule has 0 bridgehead atoms. The molecule has 0 aliphatic carbocycles. The Morgan fingerprint density at radius 2 is 1.50 bits per heavy atom. The van der Waals surface area contributed by atoms with Crippen LogP contribution in [0.1, 0.15) is 50.9 Å². The van der Waals surface area contributed by atoms with Crippen LogP contribution in [-0.2, 0) is 6.54 Å². The van der Waals surface area contributed by atoms with Crippen LogP contribution in [0, 0.1) is 0 Å². The fraction of sp³-hybridized carbons (Fsp3) is 0.800. The van der Waals surface area contributed by atoms with E-state index in [1.54, 1.807) is 0 Å². The zero-order valence-electron chi connectivity index (χ0n) is 9.29. The van der Waals surface area contributed by atoms with Crippen molar-refractivity contribution in [3.05, 3.63) is 11.4 Å². The van der Waals surface area contributed by atoms with Crippen molar-refractivity contribution in [2.24, 2.45) is 0 Å². The van der Waals surface area contributed by atoms with Gasteiger partial charge >= 0.3 is 0 Å². The van der Waals surface area contributed by atoms with Crippen molar-refractivity contribution in [3.8, 4) is 0 Å². The first-order chi connectivity index (χ1) is 6.56. The van der Waals surface area contributed by atoms with Gasteiger partial charge in [-0.25, -0.2) is 4.39 Å². The van der Waals surface area contributed by atoms with Gasteiger partial charge in [0.05, 0.1) is 17.9 Å². The molecule has 0 saturated heterocycles. The van der Waals surface area contributed by atoms with Crippen molar-refractivity contribution in [2.45, 2.75) is 46.1 Å². The van der Waals surface area contributed by atoms with Gasteiger partial charge in [0.15, 0.2) is 0 Å². The highest BCUT2D eigenvalue weighted by atomic mass is 19.1. The van der Waals surface area contributed by atoms with Crippen LogP contribution >= 0.6 is 0 Å². The maximum atomic E-state index is 12.1. The van der Waals surface area contributed by atoms with E-state index < -0.39 is 6.67 Å². The molecule has 0 amide bonds. The van der Waals surface area contributed by atoms with Gasteiger partial charge in [-0.3, -0.25) is 0 Å². The Bertz CT molecular complexity index is 266. The van der Waals surface area contributed by atoms with Gasteiger partial charge in [-0.15, -0.1) is 0 Å². The van der Waals surface area contributed by atoms with E-state index in [0.717, 1.165) is 11.4 Å². The van der Waals surface area contributed by atoms with Gasteiger partial charge in [0.2, 0.25) is 0 Å². The monoisotopic (exact) mass is 199 g/mol. The molecule has 3 nitrogen and oxygen atoms in total. The smallest absolute Gasteiger partial charge is 0.111 e. The second kappa shape index (κ2) is 4.53. The topological polar surface area (TPSA) is 30.7 Å². The molecule has 0 N–H and O–H groups in total. The van der Waals surface area contributed by atoms with Gasteiger partial charge in [0.25, 0.3) is 0 Å².